The lowest BCUT2D eigenvalue weighted by Crippen LogP contribution is -2.21. The van der Waals surface area contributed by atoms with Crippen LogP contribution >= 0.6 is 0 Å². The van der Waals surface area contributed by atoms with Crippen molar-refractivity contribution < 1.29 is 17.9 Å². The predicted octanol–water partition coefficient (Wildman–Crippen LogP) is 5.91. The molecule has 6 heteroatoms. The molecule has 1 N–H and O–H groups in total. The maximum absolute atomic E-state index is 13.8. The first-order valence-electron chi connectivity index (χ1n) is 9.29. The minimum absolute atomic E-state index is 0.156. The lowest BCUT2D eigenvalue weighted by molar-refractivity contribution is 0.348. The third-order valence-corrected chi connectivity index (χ3v) is 5.30. The first-order valence-corrected chi connectivity index (χ1v) is 9.29. The number of halogens is 3. The summed E-state index contributed by atoms with van der Waals surface area (Å²) in [7, 11) is 0. The Balaban J connectivity index is 1.98. The molecule has 3 unspecified atom stereocenters. The fraction of sp³-hybridized carbons (Fsp3) is 0.364. The van der Waals surface area contributed by atoms with E-state index in [2.05, 4.69) is 12.2 Å². The molecule has 1 aromatic rings. The zero-order chi connectivity index (χ0) is 20.3. The van der Waals surface area contributed by atoms with Gasteiger partial charge in [0.05, 0.1) is 6.07 Å². The lowest BCUT2D eigenvalue weighted by Gasteiger charge is -2.20. The molecule has 146 valence electrons. The average molecular weight is 386 g/mol. The van der Waals surface area contributed by atoms with Gasteiger partial charge in [0, 0.05) is 12.3 Å². The minimum Gasteiger partial charge on any atom is -0.447 e. The highest BCUT2D eigenvalue weighted by Gasteiger charge is 2.35. The van der Waals surface area contributed by atoms with Crippen molar-refractivity contribution in [3.63, 3.8) is 0 Å². The number of hydrogen-bond acceptors (Lipinski definition) is 3. The van der Waals surface area contributed by atoms with Crippen molar-refractivity contribution in [2.45, 2.75) is 38.5 Å². The molecule has 3 atom stereocenters. The summed E-state index contributed by atoms with van der Waals surface area (Å²) in [5.74, 6) is -5.21. The number of nitrogens with zero attached hydrogens (tertiary/aromatic N) is 1. The fourth-order valence-electron chi connectivity index (χ4n) is 3.75. The Bertz CT molecular complexity index is 888. The van der Waals surface area contributed by atoms with Gasteiger partial charge >= 0.3 is 0 Å². The molecule has 0 bridgehead atoms. The van der Waals surface area contributed by atoms with E-state index in [4.69, 9.17) is 10.1 Å². The van der Waals surface area contributed by atoms with Gasteiger partial charge in [-0.1, -0.05) is 31.2 Å². The number of rotatable bonds is 4. The SMILES string of the molecule is CCC1=C(CC2C=CC=CC2)OC(=N)C(C#N)C(c2cc(F)c(F)c(F)c2)C1. The van der Waals surface area contributed by atoms with Gasteiger partial charge in [-0.2, -0.15) is 5.26 Å². The summed E-state index contributed by atoms with van der Waals surface area (Å²) in [4.78, 5) is 0. The second-order valence-electron chi connectivity index (χ2n) is 7.08. The quantitative estimate of drug-likeness (QED) is 0.654. The third kappa shape index (κ3) is 4.04. The molecule has 0 saturated heterocycles. The van der Waals surface area contributed by atoms with E-state index in [0.29, 0.717) is 25.0 Å². The van der Waals surface area contributed by atoms with Crippen molar-refractivity contribution in [1.82, 2.24) is 0 Å². The third-order valence-electron chi connectivity index (χ3n) is 5.30. The first-order chi connectivity index (χ1) is 13.4. The van der Waals surface area contributed by atoms with Crippen LogP contribution in [0.2, 0.25) is 0 Å². The van der Waals surface area contributed by atoms with Crippen LogP contribution in [0.15, 0.2) is 47.8 Å². The van der Waals surface area contributed by atoms with Crippen LogP contribution in [0.4, 0.5) is 13.2 Å². The highest BCUT2D eigenvalue weighted by atomic mass is 19.2. The molecular weight excluding hydrogens is 365 g/mol. The molecule has 0 saturated carbocycles. The topological polar surface area (TPSA) is 56.9 Å². The van der Waals surface area contributed by atoms with Crippen molar-refractivity contribution in [3.8, 4) is 6.07 Å². The van der Waals surface area contributed by atoms with Crippen LogP contribution in [0.3, 0.4) is 0 Å². The van der Waals surface area contributed by atoms with Crippen molar-refractivity contribution in [3.05, 3.63) is 70.8 Å². The second-order valence-corrected chi connectivity index (χ2v) is 7.08. The molecule has 3 nitrogen and oxygen atoms in total. The van der Waals surface area contributed by atoms with Gasteiger partial charge in [0.15, 0.2) is 17.5 Å². The summed E-state index contributed by atoms with van der Waals surface area (Å²) >= 11 is 0. The molecule has 1 aliphatic heterocycles. The Kier molecular flexibility index (Phi) is 6.03. The Labute approximate surface area is 162 Å². The number of allylic oxidation sites excluding steroid dienone is 6. The van der Waals surface area contributed by atoms with Crippen molar-refractivity contribution in [1.29, 1.82) is 10.7 Å². The average Bonchev–Trinajstić information content (AvgIpc) is 2.82. The van der Waals surface area contributed by atoms with Crippen molar-refractivity contribution in [2.24, 2.45) is 11.8 Å². The number of nitrogens with one attached hydrogen (secondary N) is 1. The van der Waals surface area contributed by atoms with E-state index in [-0.39, 0.29) is 17.4 Å². The highest BCUT2D eigenvalue weighted by Crippen LogP contribution is 2.40. The summed E-state index contributed by atoms with van der Waals surface area (Å²) in [6.45, 7) is 1.94. The Hall–Kier alpha value is -2.81. The van der Waals surface area contributed by atoms with Gasteiger partial charge in [-0.25, -0.2) is 13.2 Å². The summed E-state index contributed by atoms with van der Waals surface area (Å²) in [5.41, 5.74) is 1.06. The Morgan fingerprint density at radius 3 is 2.50 bits per heavy atom. The van der Waals surface area contributed by atoms with Gasteiger partial charge in [-0.15, -0.1) is 0 Å². The maximum Gasteiger partial charge on any atom is 0.204 e. The van der Waals surface area contributed by atoms with Crippen LogP contribution in [-0.2, 0) is 4.74 Å². The molecule has 0 spiro atoms. The molecule has 0 amide bonds. The number of ether oxygens (including phenoxy) is 1. The van der Waals surface area contributed by atoms with E-state index in [1.807, 2.05) is 25.1 Å². The van der Waals surface area contributed by atoms with Gasteiger partial charge in [-0.3, -0.25) is 5.41 Å². The van der Waals surface area contributed by atoms with Crippen molar-refractivity contribution in [2.75, 3.05) is 0 Å². The van der Waals surface area contributed by atoms with Gasteiger partial charge in [0.1, 0.15) is 11.7 Å². The second kappa shape index (κ2) is 8.47. The zero-order valence-corrected chi connectivity index (χ0v) is 15.5. The molecule has 1 aromatic carbocycles. The van der Waals surface area contributed by atoms with E-state index in [1.165, 1.54) is 0 Å². The smallest absolute Gasteiger partial charge is 0.204 e. The van der Waals surface area contributed by atoms with E-state index in [1.54, 1.807) is 0 Å². The van der Waals surface area contributed by atoms with Crippen LogP contribution in [0.1, 0.15) is 44.1 Å². The monoisotopic (exact) mass is 386 g/mol. The van der Waals surface area contributed by atoms with E-state index in [9.17, 15) is 18.4 Å². The summed E-state index contributed by atoms with van der Waals surface area (Å²) in [6.07, 6.45) is 10.5. The minimum atomic E-state index is -1.54. The molecule has 3 rings (SSSR count). The summed E-state index contributed by atoms with van der Waals surface area (Å²) in [6, 6.07) is 3.85. The first kappa shape index (κ1) is 19.9. The molecule has 2 aliphatic rings. The number of hydrogen-bond donors (Lipinski definition) is 1. The Morgan fingerprint density at radius 2 is 1.93 bits per heavy atom. The number of nitriles is 1. The van der Waals surface area contributed by atoms with Gasteiger partial charge < -0.3 is 4.74 Å². The summed E-state index contributed by atoms with van der Waals surface area (Å²) < 4.78 is 46.7. The molecule has 0 aromatic heterocycles. The van der Waals surface area contributed by atoms with E-state index >= 15 is 0 Å². The molecule has 1 heterocycles. The standard InChI is InChI=1S/C22H21F3N2O/c1-2-14-9-16(15-10-18(23)21(25)19(24)11-15)17(12-26)22(27)28-20(14)8-13-6-4-3-5-7-13/h3-6,10-11,13,16-17,27H,2,7-9H2,1H3. The van der Waals surface area contributed by atoms with Crippen LogP contribution in [0.5, 0.6) is 0 Å². The van der Waals surface area contributed by atoms with Crippen LogP contribution in [0.25, 0.3) is 0 Å². The molecular formula is C22H21F3N2O. The molecule has 0 radical (unpaired) electrons. The van der Waals surface area contributed by atoms with Gasteiger partial charge in [0.25, 0.3) is 0 Å². The van der Waals surface area contributed by atoms with E-state index < -0.39 is 29.3 Å². The van der Waals surface area contributed by atoms with Crippen molar-refractivity contribution >= 4 is 5.90 Å². The van der Waals surface area contributed by atoms with Crippen LogP contribution in [-0.4, -0.2) is 5.90 Å². The molecule has 1 aliphatic carbocycles. The van der Waals surface area contributed by atoms with Crippen LogP contribution in [0, 0.1) is 46.0 Å². The van der Waals surface area contributed by atoms with Gasteiger partial charge in [0.2, 0.25) is 5.90 Å². The molecule has 28 heavy (non-hydrogen) atoms. The Morgan fingerprint density at radius 1 is 1.21 bits per heavy atom. The van der Waals surface area contributed by atoms with E-state index in [0.717, 1.165) is 24.1 Å². The highest BCUT2D eigenvalue weighted by molar-refractivity contribution is 5.81. The molecule has 0 fully saturated rings. The lowest BCUT2D eigenvalue weighted by atomic mass is 9.81. The fourth-order valence-corrected chi connectivity index (χ4v) is 3.75. The zero-order valence-electron chi connectivity index (χ0n) is 15.5. The summed E-state index contributed by atoms with van der Waals surface area (Å²) in [5, 5.41) is 17.9. The largest absolute Gasteiger partial charge is 0.447 e. The van der Waals surface area contributed by atoms with Gasteiger partial charge in [-0.05, 0) is 48.4 Å². The van der Waals surface area contributed by atoms with Crippen LogP contribution < -0.4 is 0 Å². The predicted molar refractivity (Wildman–Crippen MR) is 99.9 cm³/mol. The normalized spacial score (nSPS) is 24.7. The number of benzene rings is 1. The maximum atomic E-state index is 13.8.